The van der Waals surface area contributed by atoms with E-state index in [0.29, 0.717) is 19.3 Å². The normalized spacial score (nSPS) is 34.3. The Hall–Kier alpha value is -1.71. The molecule has 148 valence electrons. The number of aliphatic hydroxyl groups excluding tert-OH is 1. The second kappa shape index (κ2) is 6.15. The van der Waals surface area contributed by atoms with Gasteiger partial charge in [-0.2, -0.15) is 0 Å². The Morgan fingerprint density at radius 2 is 1.85 bits per heavy atom. The Kier molecular flexibility index (Phi) is 4.56. The van der Waals surface area contributed by atoms with E-state index in [4.69, 9.17) is 0 Å². The highest BCUT2D eigenvalue weighted by Gasteiger charge is 2.75. The molecule has 2 bridgehead atoms. The van der Waals surface area contributed by atoms with Crippen LogP contribution in [0.3, 0.4) is 0 Å². The Morgan fingerprint density at radius 1 is 1.22 bits per heavy atom. The Bertz CT molecular complexity index is 778. The van der Waals surface area contributed by atoms with Crippen molar-refractivity contribution in [3.05, 3.63) is 23.0 Å². The van der Waals surface area contributed by atoms with Crippen LogP contribution in [0.5, 0.6) is 0 Å². The maximum atomic E-state index is 13.7. The number of carbonyl (C=O) groups excluding carboxylic acids is 3. The smallest absolute Gasteiger partial charge is 0.183 e. The summed E-state index contributed by atoms with van der Waals surface area (Å²) in [6, 6.07) is 0. The molecule has 1 spiro atoms. The third kappa shape index (κ3) is 2.59. The topological polar surface area (TPSA) is 71.4 Å². The first-order valence-electron chi connectivity index (χ1n) is 10.1. The molecule has 27 heavy (non-hydrogen) atoms. The molecule has 0 aromatic rings. The lowest BCUT2D eigenvalue weighted by molar-refractivity contribution is -0.144. The minimum Gasteiger partial charge on any atom is -0.510 e. The number of aliphatic hydroxyl groups is 1. The van der Waals surface area contributed by atoms with Crippen molar-refractivity contribution in [2.75, 3.05) is 0 Å². The number of carbonyl (C=O) groups is 3. The van der Waals surface area contributed by atoms with Crippen LogP contribution in [0.4, 0.5) is 0 Å². The van der Waals surface area contributed by atoms with Gasteiger partial charge < -0.3 is 5.11 Å². The average Bonchev–Trinajstić information content (AvgIpc) is 2.93. The van der Waals surface area contributed by atoms with Crippen LogP contribution in [0.15, 0.2) is 23.0 Å². The maximum absolute atomic E-state index is 13.7. The van der Waals surface area contributed by atoms with Gasteiger partial charge in [-0.3, -0.25) is 14.4 Å². The van der Waals surface area contributed by atoms with E-state index < -0.39 is 16.6 Å². The first kappa shape index (κ1) is 20.0. The van der Waals surface area contributed by atoms with Crippen molar-refractivity contribution < 1.29 is 19.5 Å². The molecule has 0 aromatic carbocycles. The average molecular weight is 373 g/mol. The number of allylic oxidation sites excluding steroid dienone is 4. The molecule has 0 aromatic heterocycles. The van der Waals surface area contributed by atoms with Gasteiger partial charge in [0.1, 0.15) is 11.3 Å². The molecule has 4 nitrogen and oxygen atoms in total. The van der Waals surface area contributed by atoms with Gasteiger partial charge in [-0.25, -0.2) is 0 Å². The highest BCUT2D eigenvalue weighted by molar-refractivity contribution is 6.32. The summed E-state index contributed by atoms with van der Waals surface area (Å²) in [5.74, 6) is -1.16. The number of fused-ring (bicyclic) bond motifs is 1. The maximum Gasteiger partial charge on any atom is 0.183 e. The van der Waals surface area contributed by atoms with Crippen LogP contribution < -0.4 is 0 Å². The first-order chi connectivity index (χ1) is 12.4. The van der Waals surface area contributed by atoms with Crippen molar-refractivity contribution >= 4 is 17.3 Å². The predicted octanol–water partition coefficient (Wildman–Crippen LogP) is 4.73. The molecule has 3 aliphatic carbocycles. The van der Waals surface area contributed by atoms with E-state index in [1.165, 1.54) is 0 Å². The van der Waals surface area contributed by atoms with Crippen molar-refractivity contribution in [2.24, 2.45) is 28.1 Å². The molecule has 2 fully saturated rings. The van der Waals surface area contributed by atoms with Gasteiger partial charge in [0.05, 0.1) is 10.8 Å². The standard InChI is InChI=1S/C23H32O4/c1-13(2)7-8-22-12-16-21(5,6)9-10-23(16,20(22)27)19(26)17(18(22)25)15(24)11-14(3)4/h7,14,16,25H,8-12H2,1-6H3. The van der Waals surface area contributed by atoms with E-state index in [-0.39, 0.29) is 46.6 Å². The van der Waals surface area contributed by atoms with E-state index in [2.05, 4.69) is 13.8 Å². The Balaban J connectivity index is 2.22. The number of Topliss-reactive ketones (excluding diaryl/α,β-unsaturated/α-hetero) is 3. The number of ketones is 3. The summed E-state index contributed by atoms with van der Waals surface area (Å²) in [5, 5.41) is 11.2. The SMILES string of the molecule is CC(C)=CCC12CC3C(C)(C)CCC3(C(=O)C(C(=O)CC(C)C)=C1O)C2=O. The predicted molar refractivity (Wildman–Crippen MR) is 104 cm³/mol. The van der Waals surface area contributed by atoms with Crippen LogP contribution in [-0.4, -0.2) is 22.5 Å². The first-order valence-corrected chi connectivity index (χ1v) is 10.1. The van der Waals surface area contributed by atoms with Gasteiger partial charge in [-0.05, 0) is 56.8 Å². The highest BCUT2D eigenvalue weighted by Crippen LogP contribution is 2.70. The van der Waals surface area contributed by atoms with Crippen LogP contribution >= 0.6 is 0 Å². The number of hydrogen-bond acceptors (Lipinski definition) is 4. The number of hydrogen-bond donors (Lipinski definition) is 1. The van der Waals surface area contributed by atoms with Crippen LogP contribution in [-0.2, 0) is 14.4 Å². The molecule has 0 aliphatic heterocycles. The van der Waals surface area contributed by atoms with E-state index >= 15 is 0 Å². The molecular formula is C23H32O4. The summed E-state index contributed by atoms with van der Waals surface area (Å²) in [6.07, 6.45) is 4.27. The summed E-state index contributed by atoms with van der Waals surface area (Å²) < 4.78 is 0. The second-order valence-corrected chi connectivity index (χ2v) is 10.2. The van der Waals surface area contributed by atoms with Gasteiger partial charge in [-0.1, -0.05) is 39.3 Å². The molecule has 0 amide bonds. The second-order valence-electron chi connectivity index (χ2n) is 10.2. The van der Waals surface area contributed by atoms with Crippen LogP contribution in [0.1, 0.15) is 73.6 Å². The molecule has 1 N–H and O–H groups in total. The minimum absolute atomic E-state index is 0.0781. The van der Waals surface area contributed by atoms with Crippen molar-refractivity contribution in [3.63, 3.8) is 0 Å². The van der Waals surface area contributed by atoms with E-state index in [9.17, 15) is 19.5 Å². The summed E-state index contributed by atoms with van der Waals surface area (Å²) in [7, 11) is 0. The van der Waals surface area contributed by atoms with Gasteiger partial charge in [-0.15, -0.1) is 0 Å². The molecular weight excluding hydrogens is 340 g/mol. The molecule has 3 atom stereocenters. The van der Waals surface area contributed by atoms with Crippen molar-refractivity contribution in [3.8, 4) is 0 Å². The fraction of sp³-hybridized carbons (Fsp3) is 0.696. The molecule has 3 unspecified atom stereocenters. The molecule has 0 saturated heterocycles. The van der Waals surface area contributed by atoms with Crippen molar-refractivity contribution in [1.29, 1.82) is 0 Å². The quantitative estimate of drug-likeness (QED) is 0.430. The van der Waals surface area contributed by atoms with Gasteiger partial charge in [0.25, 0.3) is 0 Å². The van der Waals surface area contributed by atoms with Crippen LogP contribution in [0.2, 0.25) is 0 Å². The zero-order valence-corrected chi connectivity index (χ0v) is 17.4. The monoisotopic (exact) mass is 372 g/mol. The van der Waals surface area contributed by atoms with Crippen LogP contribution in [0.25, 0.3) is 0 Å². The Labute approximate surface area is 162 Å². The molecule has 2 saturated carbocycles. The highest BCUT2D eigenvalue weighted by atomic mass is 16.3. The van der Waals surface area contributed by atoms with Gasteiger partial charge >= 0.3 is 0 Å². The van der Waals surface area contributed by atoms with Crippen LogP contribution in [0, 0.1) is 28.1 Å². The largest absolute Gasteiger partial charge is 0.510 e. The third-order valence-corrected chi connectivity index (χ3v) is 7.15. The van der Waals surface area contributed by atoms with E-state index in [0.717, 1.165) is 12.0 Å². The minimum atomic E-state index is -1.12. The molecule has 0 heterocycles. The summed E-state index contributed by atoms with van der Waals surface area (Å²) in [4.78, 5) is 40.1. The lowest BCUT2D eigenvalue weighted by Gasteiger charge is -2.36. The molecule has 3 rings (SSSR count). The van der Waals surface area contributed by atoms with Gasteiger partial charge in [0.15, 0.2) is 17.3 Å². The number of rotatable bonds is 5. The fourth-order valence-electron chi connectivity index (χ4n) is 5.66. The van der Waals surface area contributed by atoms with Gasteiger partial charge in [0.2, 0.25) is 0 Å². The summed E-state index contributed by atoms with van der Waals surface area (Å²) >= 11 is 0. The van der Waals surface area contributed by atoms with Gasteiger partial charge in [0, 0.05) is 6.42 Å². The zero-order chi connectivity index (χ0) is 20.4. The van der Waals surface area contributed by atoms with E-state index in [1.807, 2.05) is 33.8 Å². The fourth-order valence-corrected chi connectivity index (χ4v) is 5.66. The van der Waals surface area contributed by atoms with Crippen molar-refractivity contribution in [1.82, 2.24) is 0 Å². The molecule has 0 radical (unpaired) electrons. The van der Waals surface area contributed by atoms with E-state index in [1.54, 1.807) is 0 Å². The van der Waals surface area contributed by atoms with Crippen molar-refractivity contribution in [2.45, 2.75) is 73.6 Å². The molecule has 4 heteroatoms. The molecule has 3 aliphatic rings. The third-order valence-electron chi connectivity index (χ3n) is 7.15. The summed E-state index contributed by atoms with van der Waals surface area (Å²) in [6.45, 7) is 12.0. The lowest BCUT2D eigenvalue weighted by Crippen LogP contribution is -2.49. The Morgan fingerprint density at radius 3 is 2.41 bits per heavy atom. The zero-order valence-electron chi connectivity index (χ0n) is 17.4. The lowest BCUT2D eigenvalue weighted by atomic mass is 9.63. The summed E-state index contributed by atoms with van der Waals surface area (Å²) in [5.41, 5.74) is -1.41.